The zero-order chi connectivity index (χ0) is 57.1. The molecule has 79 heavy (non-hydrogen) atoms. The highest BCUT2D eigenvalue weighted by atomic mass is 16.6. The van der Waals surface area contributed by atoms with Gasteiger partial charge in [0, 0.05) is 19.3 Å². The molecule has 0 aliphatic carbocycles. The Bertz CT molecular complexity index is 1270. The van der Waals surface area contributed by atoms with Gasteiger partial charge in [-0.2, -0.15) is 0 Å². The summed E-state index contributed by atoms with van der Waals surface area (Å²) in [5, 5.41) is 0. The number of ether oxygens (including phenoxy) is 3. The van der Waals surface area contributed by atoms with Crippen molar-refractivity contribution in [3.8, 4) is 0 Å². The average molecular weight is 1110 g/mol. The molecule has 0 rings (SSSR count). The highest BCUT2D eigenvalue weighted by Crippen LogP contribution is 2.19. The summed E-state index contributed by atoms with van der Waals surface area (Å²) >= 11 is 0. The number of hydrogen-bond acceptors (Lipinski definition) is 6. The molecule has 0 aliphatic rings. The Morgan fingerprint density at radius 2 is 0.418 bits per heavy atom. The van der Waals surface area contributed by atoms with Crippen LogP contribution in [0.15, 0.2) is 24.3 Å². The van der Waals surface area contributed by atoms with Crippen LogP contribution in [-0.2, 0) is 28.6 Å². The van der Waals surface area contributed by atoms with Gasteiger partial charge in [0.1, 0.15) is 13.2 Å². The zero-order valence-electron chi connectivity index (χ0n) is 53.7. The lowest BCUT2D eigenvalue weighted by Crippen LogP contribution is -2.30. The van der Waals surface area contributed by atoms with Crippen molar-refractivity contribution < 1.29 is 28.6 Å². The molecule has 6 nitrogen and oxygen atoms in total. The molecule has 1 unspecified atom stereocenters. The number of unbranched alkanes of at least 4 members (excludes halogenated alkanes) is 52. The minimum Gasteiger partial charge on any atom is -0.462 e. The first-order chi connectivity index (χ1) is 39.0. The van der Waals surface area contributed by atoms with Crippen molar-refractivity contribution in [2.45, 2.75) is 412 Å². The zero-order valence-corrected chi connectivity index (χ0v) is 53.7. The third kappa shape index (κ3) is 66.6. The van der Waals surface area contributed by atoms with Gasteiger partial charge in [0.2, 0.25) is 0 Å². The summed E-state index contributed by atoms with van der Waals surface area (Å²) in [6, 6.07) is 0. The molecule has 466 valence electrons. The Kier molecular flexibility index (Phi) is 66.6. The average Bonchev–Trinajstić information content (AvgIpc) is 3.45. The molecule has 0 N–H and O–H groups in total. The summed E-state index contributed by atoms with van der Waals surface area (Å²) in [5.74, 6) is -0.851. The Labute approximate surface area is 493 Å². The molecule has 0 radical (unpaired) electrons. The summed E-state index contributed by atoms with van der Waals surface area (Å²) in [6.07, 6.45) is 83.8. The van der Waals surface area contributed by atoms with Crippen LogP contribution in [0.25, 0.3) is 0 Å². The van der Waals surface area contributed by atoms with Crippen molar-refractivity contribution >= 4 is 17.9 Å². The standard InChI is InChI=1S/C73H138O6/c1-4-7-10-13-16-19-22-24-26-28-29-30-31-32-33-34-35-36-37-38-39-40-41-42-43-44-45-46-48-49-51-54-57-60-63-66-72(75)78-69-70(68-77-71(74)65-62-59-56-53-21-18-15-12-9-6-3)79-73(76)67-64-61-58-55-52-50-47-27-25-23-20-17-14-11-8-5-2/h27-29,47,70H,4-26,30-46,48-69H2,1-3H3/b29-28-,47-27-. The monoisotopic (exact) mass is 1110 g/mol. The van der Waals surface area contributed by atoms with Crippen LogP contribution in [0.1, 0.15) is 406 Å². The second-order valence-electron chi connectivity index (χ2n) is 24.5. The van der Waals surface area contributed by atoms with E-state index in [1.165, 1.54) is 302 Å². The van der Waals surface area contributed by atoms with Crippen LogP contribution in [0.4, 0.5) is 0 Å². The van der Waals surface area contributed by atoms with Gasteiger partial charge in [-0.1, -0.05) is 340 Å². The van der Waals surface area contributed by atoms with E-state index in [1.54, 1.807) is 0 Å². The maximum absolute atomic E-state index is 12.9. The maximum atomic E-state index is 12.9. The summed E-state index contributed by atoms with van der Waals surface area (Å²) in [4.78, 5) is 38.2. The van der Waals surface area contributed by atoms with Crippen LogP contribution >= 0.6 is 0 Å². The number of carbonyl (C=O) groups excluding carboxylic acids is 3. The molecule has 6 heteroatoms. The highest BCUT2D eigenvalue weighted by Gasteiger charge is 2.19. The van der Waals surface area contributed by atoms with Crippen LogP contribution in [0.5, 0.6) is 0 Å². The van der Waals surface area contributed by atoms with Crippen molar-refractivity contribution in [1.29, 1.82) is 0 Å². The number of carbonyl (C=O) groups is 3. The number of esters is 3. The molecule has 0 spiro atoms. The first-order valence-corrected chi connectivity index (χ1v) is 35.8. The fraction of sp³-hybridized carbons (Fsp3) is 0.904. The van der Waals surface area contributed by atoms with Gasteiger partial charge in [0.05, 0.1) is 0 Å². The Morgan fingerprint density at radius 1 is 0.241 bits per heavy atom. The van der Waals surface area contributed by atoms with E-state index in [9.17, 15) is 14.4 Å². The second kappa shape index (κ2) is 68.4. The summed E-state index contributed by atoms with van der Waals surface area (Å²) in [5.41, 5.74) is 0. The van der Waals surface area contributed by atoms with E-state index >= 15 is 0 Å². The van der Waals surface area contributed by atoms with Gasteiger partial charge in [-0.15, -0.1) is 0 Å². The van der Waals surface area contributed by atoms with Crippen LogP contribution < -0.4 is 0 Å². The topological polar surface area (TPSA) is 78.9 Å². The first kappa shape index (κ1) is 76.9. The van der Waals surface area contributed by atoms with Crippen molar-refractivity contribution in [3.05, 3.63) is 24.3 Å². The molecule has 0 aromatic rings. The molecule has 1 atom stereocenters. The minimum atomic E-state index is -0.771. The van der Waals surface area contributed by atoms with Crippen molar-refractivity contribution in [2.24, 2.45) is 0 Å². The smallest absolute Gasteiger partial charge is 0.306 e. The molecule has 0 aliphatic heterocycles. The summed E-state index contributed by atoms with van der Waals surface area (Å²) < 4.78 is 16.9. The highest BCUT2D eigenvalue weighted by molar-refractivity contribution is 5.71. The van der Waals surface area contributed by atoms with Gasteiger partial charge in [-0.25, -0.2) is 0 Å². The lowest BCUT2D eigenvalue weighted by molar-refractivity contribution is -0.167. The molecule has 0 amide bonds. The SMILES string of the molecule is CCCCCCCCC/C=C\CCCCCCCC(=O)OC(COC(=O)CCCCCCCCCCCC)COC(=O)CCCCCCCCCCCCCCCCCCCCCCCCC/C=C\CCCCCCCCCC. The van der Waals surface area contributed by atoms with Crippen molar-refractivity contribution in [2.75, 3.05) is 13.2 Å². The van der Waals surface area contributed by atoms with Gasteiger partial charge in [-0.05, 0) is 70.6 Å². The molecule has 0 fully saturated rings. The minimum absolute atomic E-state index is 0.0683. The van der Waals surface area contributed by atoms with E-state index in [1.807, 2.05) is 0 Å². The summed E-state index contributed by atoms with van der Waals surface area (Å²) in [6.45, 7) is 6.68. The molecule has 0 bridgehead atoms. The van der Waals surface area contributed by atoms with Crippen molar-refractivity contribution in [3.63, 3.8) is 0 Å². The number of allylic oxidation sites excluding steroid dienone is 4. The van der Waals surface area contributed by atoms with Gasteiger partial charge in [0.15, 0.2) is 6.10 Å². The molecule has 0 saturated carbocycles. The van der Waals surface area contributed by atoms with Crippen molar-refractivity contribution in [1.82, 2.24) is 0 Å². The molecular formula is C73H138O6. The second-order valence-corrected chi connectivity index (χ2v) is 24.5. The van der Waals surface area contributed by atoms with E-state index < -0.39 is 6.10 Å². The third-order valence-electron chi connectivity index (χ3n) is 16.4. The largest absolute Gasteiger partial charge is 0.462 e. The van der Waals surface area contributed by atoms with Gasteiger partial charge in [0.25, 0.3) is 0 Å². The molecule has 0 heterocycles. The normalized spacial score (nSPS) is 12.1. The van der Waals surface area contributed by atoms with E-state index in [2.05, 4.69) is 45.1 Å². The number of hydrogen-bond donors (Lipinski definition) is 0. The molecule has 0 aromatic heterocycles. The first-order valence-electron chi connectivity index (χ1n) is 35.8. The summed E-state index contributed by atoms with van der Waals surface area (Å²) in [7, 11) is 0. The van der Waals surface area contributed by atoms with Gasteiger partial charge in [-0.3, -0.25) is 14.4 Å². The Hall–Kier alpha value is -2.11. The lowest BCUT2D eigenvalue weighted by Gasteiger charge is -2.18. The molecule has 0 aromatic carbocycles. The molecular weight excluding hydrogens is 973 g/mol. The van der Waals surface area contributed by atoms with E-state index in [0.29, 0.717) is 19.3 Å². The fourth-order valence-electron chi connectivity index (χ4n) is 11.0. The molecule has 0 saturated heterocycles. The maximum Gasteiger partial charge on any atom is 0.306 e. The van der Waals surface area contributed by atoms with Crippen LogP contribution in [-0.4, -0.2) is 37.2 Å². The van der Waals surface area contributed by atoms with Crippen LogP contribution in [0, 0.1) is 0 Å². The van der Waals surface area contributed by atoms with Crippen LogP contribution in [0.3, 0.4) is 0 Å². The van der Waals surface area contributed by atoms with Crippen LogP contribution in [0.2, 0.25) is 0 Å². The Balaban J connectivity index is 3.99. The van der Waals surface area contributed by atoms with E-state index in [-0.39, 0.29) is 31.1 Å². The predicted molar refractivity (Wildman–Crippen MR) is 344 cm³/mol. The third-order valence-corrected chi connectivity index (χ3v) is 16.4. The quantitative estimate of drug-likeness (QED) is 0.0261. The predicted octanol–water partition coefficient (Wildman–Crippen LogP) is 24.6. The fourth-order valence-corrected chi connectivity index (χ4v) is 11.0. The van der Waals surface area contributed by atoms with Gasteiger partial charge >= 0.3 is 17.9 Å². The Morgan fingerprint density at radius 3 is 0.633 bits per heavy atom. The van der Waals surface area contributed by atoms with Gasteiger partial charge < -0.3 is 14.2 Å². The van der Waals surface area contributed by atoms with E-state index in [4.69, 9.17) is 14.2 Å². The van der Waals surface area contributed by atoms with E-state index in [0.717, 1.165) is 64.2 Å². The lowest BCUT2D eigenvalue weighted by atomic mass is 10.0. The number of rotatable bonds is 67.